The highest BCUT2D eigenvalue weighted by Gasteiger charge is 2.55. The number of rotatable bonds is 6. The zero-order valence-corrected chi connectivity index (χ0v) is 14.9. The summed E-state index contributed by atoms with van der Waals surface area (Å²) in [5, 5.41) is 7.84. The minimum Gasteiger partial charge on any atom is -0.378 e. The van der Waals surface area contributed by atoms with E-state index < -0.39 is 0 Å². The number of pyridine rings is 1. The highest BCUT2D eigenvalue weighted by atomic mass is 16.5. The van der Waals surface area contributed by atoms with Crippen LogP contribution in [0.5, 0.6) is 0 Å². The molecule has 1 fully saturated rings. The number of fused-ring (bicyclic) bond motifs is 1. The van der Waals surface area contributed by atoms with Crippen LogP contribution in [0, 0.1) is 5.41 Å². The molecule has 130 valence electrons. The molecular formula is C18H26N4O2. The lowest BCUT2D eigenvalue weighted by Crippen LogP contribution is -2.64. The summed E-state index contributed by atoms with van der Waals surface area (Å²) in [5.74, 6) is 0.0387. The molecule has 6 heteroatoms. The first-order valence-corrected chi connectivity index (χ1v) is 8.75. The maximum absolute atomic E-state index is 13.0. The van der Waals surface area contributed by atoms with Gasteiger partial charge in [0.2, 0.25) is 0 Å². The van der Waals surface area contributed by atoms with Gasteiger partial charge in [-0.15, -0.1) is 10.2 Å². The van der Waals surface area contributed by atoms with Crippen LogP contribution in [0.1, 0.15) is 50.4 Å². The minimum absolute atomic E-state index is 0.0387. The van der Waals surface area contributed by atoms with Crippen molar-refractivity contribution in [2.75, 3.05) is 13.7 Å². The number of nitrogens with zero attached hydrogens (tertiary/aromatic N) is 4. The largest absolute Gasteiger partial charge is 0.378 e. The van der Waals surface area contributed by atoms with Crippen LogP contribution in [0.3, 0.4) is 0 Å². The second-order valence-corrected chi connectivity index (χ2v) is 6.57. The van der Waals surface area contributed by atoms with Crippen molar-refractivity contribution in [3.63, 3.8) is 0 Å². The summed E-state index contributed by atoms with van der Waals surface area (Å²) in [6, 6.07) is 3.86. The summed E-state index contributed by atoms with van der Waals surface area (Å²) in [6.45, 7) is 7.15. The summed E-state index contributed by atoms with van der Waals surface area (Å²) in [5.41, 5.74) is 1.46. The fourth-order valence-corrected chi connectivity index (χ4v) is 4.18. The average Bonchev–Trinajstić information content (AvgIpc) is 3.06. The Kier molecular flexibility index (Phi) is 4.58. The van der Waals surface area contributed by atoms with E-state index >= 15 is 0 Å². The molecule has 0 aliphatic heterocycles. The zero-order chi connectivity index (χ0) is 17.3. The Morgan fingerprint density at radius 1 is 1.38 bits per heavy atom. The summed E-state index contributed by atoms with van der Waals surface area (Å²) in [6.07, 6.45) is 6.60. The normalized spacial score (nSPS) is 22.3. The van der Waals surface area contributed by atoms with Gasteiger partial charge in [-0.25, -0.2) is 0 Å². The summed E-state index contributed by atoms with van der Waals surface area (Å²) in [7, 11) is 1.91. The standard InChI is InChI=1S/C18H26N4O2/c1-5-18(6-2)14(10-15(18)24-7-3)21(4)17(23)13-8-9-16-20-19-12-22(16)11-13/h8-9,11-12,14-15H,5-7,10H2,1-4H3/t14-,15-/m0/s1. The maximum atomic E-state index is 13.0. The van der Waals surface area contributed by atoms with Crippen molar-refractivity contribution in [1.82, 2.24) is 19.5 Å². The fraction of sp³-hybridized carbons (Fsp3) is 0.611. The number of amides is 1. The van der Waals surface area contributed by atoms with Crippen molar-refractivity contribution in [1.29, 1.82) is 0 Å². The fourth-order valence-electron chi connectivity index (χ4n) is 4.18. The summed E-state index contributed by atoms with van der Waals surface area (Å²) in [4.78, 5) is 14.9. The Morgan fingerprint density at radius 3 is 2.79 bits per heavy atom. The molecule has 0 aromatic carbocycles. The van der Waals surface area contributed by atoms with Gasteiger partial charge >= 0.3 is 0 Å². The zero-order valence-electron chi connectivity index (χ0n) is 14.9. The van der Waals surface area contributed by atoms with Gasteiger partial charge in [-0.2, -0.15) is 0 Å². The Balaban J connectivity index is 1.82. The van der Waals surface area contributed by atoms with Gasteiger partial charge in [0.25, 0.3) is 5.91 Å². The van der Waals surface area contributed by atoms with Crippen molar-refractivity contribution >= 4 is 11.6 Å². The molecule has 2 aromatic heterocycles. The lowest BCUT2D eigenvalue weighted by molar-refractivity contribution is -0.159. The summed E-state index contributed by atoms with van der Waals surface area (Å²) >= 11 is 0. The molecule has 3 rings (SSSR count). The molecule has 1 saturated carbocycles. The van der Waals surface area contributed by atoms with Crippen molar-refractivity contribution in [3.8, 4) is 0 Å². The SMILES string of the molecule is CCO[C@H]1C[C@H](N(C)C(=O)c2ccc3nncn3c2)C1(CC)CC. The van der Waals surface area contributed by atoms with E-state index in [1.165, 1.54) is 0 Å². The molecule has 1 aliphatic carbocycles. The van der Waals surface area contributed by atoms with E-state index in [-0.39, 0.29) is 23.5 Å². The first kappa shape index (κ1) is 16.9. The second kappa shape index (κ2) is 6.51. The van der Waals surface area contributed by atoms with Gasteiger partial charge in [-0.1, -0.05) is 13.8 Å². The third-order valence-corrected chi connectivity index (χ3v) is 5.75. The molecule has 24 heavy (non-hydrogen) atoms. The molecule has 0 N–H and O–H groups in total. The number of ether oxygens (including phenoxy) is 1. The minimum atomic E-state index is 0.0387. The smallest absolute Gasteiger partial charge is 0.255 e. The van der Waals surface area contributed by atoms with E-state index in [9.17, 15) is 4.79 Å². The van der Waals surface area contributed by atoms with Gasteiger partial charge in [0.05, 0.1) is 11.7 Å². The molecule has 0 unspecified atom stereocenters. The number of hydrogen-bond acceptors (Lipinski definition) is 4. The average molecular weight is 330 g/mol. The predicted molar refractivity (Wildman–Crippen MR) is 91.9 cm³/mol. The quantitative estimate of drug-likeness (QED) is 0.817. The van der Waals surface area contributed by atoms with E-state index in [0.29, 0.717) is 5.56 Å². The monoisotopic (exact) mass is 330 g/mol. The number of aromatic nitrogens is 3. The highest BCUT2D eigenvalue weighted by Crippen LogP contribution is 2.51. The number of carbonyl (C=O) groups excluding carboxylic acids is 1. The van der Waals surface area contributed by atoms with Crippen LogP contribution >= 0.6 is 0 Å². The topological polar surface area (TPSA) is 59.7 Å². The Bertz CT molecular complexity index is 723. The first-order valence-electron chi connectivity index (χ1n) is 8.75. The van der Waals surface area contributed by atoms with Crippen LogP contribution in [0.2, 0.25) is 0 Å². The molecular weight excluding hydrogens is 304 g/mol. The third kappa shape index (κ3) is 2.49. The van der Waals surface area contributed by atoms with Crippen LogP contribution in [0.15, 0.2) is 24.7 Å². The third-order valence-electron chi connectivity index (χ3n) is 5.75. The van der Waals surface area contributed by atoms with Gasteiger partial charge in [0, 0.05) is 31.3 Å². The van der Waals surface area contributed by atoms with Gasteiger partial charge < -0.3 is 9.64 Å². The Hall–Kier alpha value is -1.95. The molecule has 2 aromatic rings. The summed E-state index contributed by atoms with van der Waals surface area (Å²) < 4.78 is 7.71. The van der Waals surface area contributed by atoms with Crippen LogP contribution in [0.25, 0.3) is 5.65 Å². The molecule has 0 saturated heterocycles. The Labute approximate surface area is 142 Å². The molecule has 1 aliphatic rings. The van der Waals surface area contributed by atoms with Crippen LogP contribution < -0.4 is 0 Å². The van der Waals surface area contributed by atoms with E-state index in [4.69, 9.17) is 4.74 Å². The molecule has 0 bridgehead atoms. The van der Waals surface area contributed by atoms with Crippen LogP contribution in [-0.4, -0.2) is 51.2 Å². The van der Waals surface area contributed by atoms with E-state index in [1.807, 2.05) is 31.0 Å². The van der Waals surface area contributed by atoms with Gasteiger partial charge in [-0.05, 0) is 38.3 Å². The number of hydrogen-bond donors (Lipinski definition) is 0. The van der Waals surface area contributed by atoms with Crippen molar-refractivity contribution < 1.29 is 9.53 Å². The van der Waals surface area contributed by atoms with E-state index in [1.54, 1.807) is 16.9 Å². The van der Waals surface area contributed by atoms with Crippen LogP contribution in [0.4, 0.5) is 0 Å². The maximum Gasteiger partial charge on any atom is 0.255 e. The van der Waals surface area contributed by atoms with Crippen molar-refractivity contribution in [3.05, 3.63) is 30.2 Å². The van der Waals surface area contributed by atoms with Gasteiger partial charge in [0.1, 0.15) is 6.33 Å². The van der Waals surface area contributed by atoms with Crippen molar-refractivity contribution in [2.24, 2.45) is 5.41 Å². The van der Waals surface area contributed by atoms with Crippen LogP contribution in [-0.2, 0) is 4.74 Å². The van der Waals surface area contributed by atoms with Gasteiger partial charge in [0.15, 0.2) is 5.65 Å². The first-order chi connectivity index (χ1) is 11.6. The molecule has 6 nitrogen and oxygen atoms in total. The molecule has 2 heterocycles. The lowest BCUT2D eigenvalue weighted by atomic mass is 9.58. The molecule has 1 amide bonds. The number of carbonyl (C=O) groups is 1. The van der Waals surface area contributed by atoms with E-state index in [2.05, 4.69) is 24.0 Å². The molecule has 0 spiro atoms. The van der Waals surface area contributed by atoms with Crippen molar-refractivity contribution in [2.45, 2.75) is 52.2 Å². The second-order valence-electron chi connectivity index (χ2n) is 6.57. The highest BCUT2D eigenvalue weighted by molar-refractivity contribution is 5.94. The molecule has 2 atom stereocenters. The Morgan fingerprint density at radius 2 is 2.12 bits per heavy atom. The molecule has 0 radical (unpaired) electrons. The predicted octanol–water partition coefficient (Wildman–Crippen LogP) is 2.79. The lowest BCUT2D eigenvalue weighted by Gasteiger charge is -2.58. The van der Waals surface area contributed by atoms with Gasteiger partial charge in [-0.3, -0.25) is 9.20 Å². The van der Waals surface area contributed by atoms with E-state index in [0.717, 1.165) is 31.5 Å².